The standard InChI is InChI=1S/C36H58N2O5/c1-22(2)24-13-18-36(21-42-30(41)12-11-29(40)38-37)20-19-34(7)25(31(24)36)9-10-27-33(6)16-15-28(43-23(3)39)32(4,5)26(33)14-17-35(27,34)8/h24-28,31H,1,9-21,37H2,2-8H3,(H,38,40)/t24-,25+,26+,27+,28-,31-,33-,34+,35+,36+/m0/s1. The van der Waals surface area contributed by atoms with E-state index >= 15 is 0 Å². The van der Waals surface area contributed by atoms with Crippen LogP contribution in [0.4, 0.5) is 0 Å². The number of nitrogens with one attached hydrogen (secondary N) is 1. The Hall–Kier alpha value is -1.89. The molecule has 5 aliphatic rings. The van der Waals surface area contributed by atoms with Crippen molar-refractivity contribution in [3.05, 3.63) is 12.2 Å². The molecule has 0 saturated heterocycles. The van der Waals surface area contributed by atoms with E-state index in [9.17, 15) is 14.4 Å². The Morgan fingerprint density at radius 2 is 1.56 bits per heavy atom. The van der Waals surface area contributed by atoms with Gasteiger partial charge in [0, 0.05) is 24.2 Å². The van der Waals surface area contributed by atoms with E-state index in [1.165, 1.54) is 31.3 Å². The summed E-state index contributed by atoms with van der Waals surface area (Å²) in [7, 11) is 0. The smallest absolute Gasteiger partial charge is 0.306 e. The van der Waals surface area contributed by atoms with Gasteiger partial charge >= 0.3 is 11.9 Å². The van der Waals surface area contributed by atoms with Crippen LogP contribution in [0.15, 0.2) is 12.2 Å². The molecule has 0 aromatic rings. The summed E-state index contributed by atoms with van der Waals surface area (Å²) < 4.78 is 11.9. The van der Waals surface area contributed by atoms with Gasteiger partial charge in [0.05, 0.1) is 13.0 Å². The van der Waals surface area contributed by atoms with E-state index in [0.717, 1.165) is 38.5 Å². The Morgan fingerprint density at radius 3 is 2.21 bits per heavy atom. The summed E-state index contributed by atoms with van der Waals surface area (Å²) in [5.41, 5.74) is 3.98. The molecule has 0 aromatic carbocycles. The van der Waals surface area contributed by atoms with Crippen molar-refractivity contribution in [2.24, 2.45) is 62.5 Å². The van der Waals surface area contributed by atoms with Crippen LogP contribution in [0.2, 0.25) is 0 Å². The van der Waals surface area contributed by atoms with Gasteiger partial charge in [-0.3, -0.25) is 19.8 Å². The highest BCUT2D eigenvalue weighted by Gasteiger charge is 2.71. The largest absolute Gasteiger partial charge is 0.465 e. The van der Waals surface area contributed by atoms with E-state index in [2.05, 4.69) is 53.5 Å². The average molecular weight is 599 g/mol. The Balaban J connectivity index is 1.42. The minimum Gasteiger partial charge on any atom is -0.465 e. The van der Waals surface area contributed by atoms with Gasteiger partial charge < -0.3 is 9.47 Å². The van der Waals surface area contributed by atoms with Crippen LogP contribution in [0.5, 0.6) is 0 Å². The Morgan fingerprint density at radius 1 is 0.837 bits per heavy atom. The molecular weight excluding hydrogens is 540 g/mol. The molecule has 0 heterocycles. The van der Waals surface area contributed by atoms with Gasteiger partial charge in [-0.25, -0.2) is 5.84 Å². The predicted octanol–water partition coefficient (Wildman–Crippen LogP) is 6.89. The maximum atomic E-state index is 12.7. The molecule has 0 aliphatic heterocycles. The van der Waals surface area contributed by atoms with E-state index in [0.29, 0.717) is 36.2 Å². The van der Waals surface area contributed by atoms with Gasteiger partial charge in [0.25, 0.3) is 0 Å². The Bertz CT molecular complexity index is 1150. The summed E-state index contributed by atoms with van der Waals surface area (Å²) in [5, 5.41) is 0. The molecule has 0 bridgehead atoms. The number of hydrazine groups is 1. The van der Waals surface area contributed by atoms with Crippen LogP contribution in [-0.2, 0) is 23.9 Å². The molecular formula is C36H58N2O5. The van der Waals surface area contributed by atoms with Gasteiger partial charge in [0.1, 0.15) is 6.10 Å². The minimum absolute atomic E-state index is 0.00290. The molecule has 3 N–H and O–H groups in total. The van der Waals surface area contributed by atoms with Crippen LogP contribution < -0.4 is 11.3 Å². The molecule has 0 unspecified atom stereocenters. The average Bonchev–Trinajstić information content (AvgIpc) is 3.32. The number of amides is 1. The molecule has 5 rings (SSSR count). The van der Waals surface area contributed by atoms with E-state index in [1.807, 2.05) is 0 Å². The summed E-state index contributed by atoms with van der Waals surface area (Å²) in [6, 6.07) is 0. The van der Waals surface area contributed by atoms with Crippen LogP contribution in [0.1, 0.15) is 126 Å². The molecule has 7 heteroatoms. The summed E-state index contributed by atoms with van der Waals surface area (Å²) in [4.78, 5) is 36.3. The van der Waals surface area contributed by atoms with Crippen molar-refractivity contribution >= 4 is 17.8 Å². The number of hydrogen-bond acceptors (Lipinski definition) is 6. The first kappa shape index (κ1) is 32.5. The number of hydrogen-bond donors (Lipinski definition) is 2. The van der Waals surface area contributed by atoms with Crippen molar-refractivity contribution in [1.29, 1.82) is 0 Å². The van der Waals surface area contributed by atoms with Crippen molar-refractivity contribution in [3.8, 4) is 0 Å². The summed E-state index contributed by atoms with van der Waals surface area (Å²) in [5.74, 6) is 7.05. The molecule has 5 fully saturated rings. The Kier molecular flexibility index (Phi) is 8.44. The lowest BCUT2D eigenvalue weighted by Crippen LogP contribution is -2.67. The fourth-order valence-corrected chi connectivity index (χ4v) is 12.5. The highest BCUT2D eigenvalue weighted by Crippen LogP contribution is 2.77. The highest BCUT2D eigenvalue weighted by atomic mass is 16.5. The summed E-state index contributed by atoms with van der Waals surface area (Å²) in [6.45, 7) is 21.2. The first-order valence-electron chi connectivity index (χ1n) is 17.0. The number of rotatable bonds is 7. The molecule has 242 valence electrons. The van der Waals surface area contributed by atoms with Crippen molar-refractivity contribution < 1.29 is 23.9 Å². The van der Waals surface area contributed by atoms with Crippen LogP contribution in [0.25, 0.3) is 0 Å². The predicted molar refractivity (Wildman–Crippen MR) is 167 cm³/mol. The summed E-state index contributed by atoms with van der Waals surface area (Å²) in [6.07, 6.45) is 11.5. The van der Waals surface area contributed by atoms with Crippen LogP contribution in [-0.4, -0.2) is 30.6 Å². The van der Waals surface area contributed by atoms with Gasteiger partial charge in [0.2, 0.25) is 5.91 Å². The number of fused-ring (bicyclic) bond motifs is 7. The highest BCUT2D eigenvalue weighted by molar-refractivity contribution is 5.80. The van der Waals surface area contributed by atoms with Crippen LogP contribution >= 0.6 is 0 Å². The number of carbonyl (C=O) groups excluding carboxylic acids is 3. The van der Waals surface area contributed by atoms with Gasteiger partial charge in [-0.2, -0.15) is 0 Å². The molecule has 1 amide bonds. The zero-order valence-corrected chi connectivity index (χ0v) is 28.0. The third-order valence-corrected chi connectivity index (χ3v) is 14.7. The molecule has 43 heavy (non-hydrogen) atoms. The monoisotopic (exact) mass is 598 g/mol. The molecule has 5 saturated carbocycles. The Labute approximate surface area is 259 Å². The molecule has 0 aromatic heterocycles. The van der Waals surface area contributed by atoms with Crippen molar-refractivity contribution in [3.63, 3.8) is 0 Å². The molecule has 7 nitrogen and oxygen atoms in total. The van der Waals surface area contributed by atoms with E-state index in [1.54, 1.807) is 6.92 Å². The SMILES string of the molecule is C=C(C)[C@@H]1CC[C@]2(COC(=O)CCC(=O)NN)CC[C@]3(C)[C@H](CC[C@@H]4[C@@]5(C)CC[C@H](OC(C)=O)C(C)(C)[C@H]5CC[C@]43C)[C@H]12. The maximum absolute atomic E-state index is 12.7. The van der Waals surface area contributed by atoms with Crippen molar-refractivity contribution in [2.45, 2.75) is 132 Å². The normalized spacial score (nSPS) is 44.6. The van der Waals surface area contributed by atoms with E-state index in [-0.39, 0.29) is 63.9 Å². The summed E-state index contributed by atoms with van der Waals surface area (Å²) >= 11 is 0. The molecule has 0 spiro atoms. The zero-order valence-electron chi connectivity index (χ0n) is 28.0. The molecule has 5 aliphatic carbocycles. The fourth-order valence-electron chi connectivity index (χ4n) is 12.5. The van der Waals surface area contributed by atoms with E-state index < -0.39 is 0 Å². The number of allylic oxidation sites excluding steroid dienone is 1. The van der Waals surface area contributed by atoms with Gasteiger partial charge in [-0.1, -0.05) is 46.8 Å². The quantitative estimate of drug-likeness (QED) is 0.109. The van der Waals surface area contributed by atoms with Gasteiger partial charge in [-0.15, -0.1) is 0 Å². The second-order valence-electron chi connectivity index (χ2n) is 16.7. The maximum Gasteiger partial charge on any atom is 0.306 e. The number of nitrogens with two attached hydrogens (primary N) is 1. The van der Waals surface area contributed by atoms with Crippen molar-refractivity contribution in [1.82, 2.24) is 5.43 Å². The first-order valence-corrected chi connectivity index (χ1v) is 17.0. The molecule has 0 radical (unpaired) electrons. The number of esters is 2. The van der Waals surface area contributed by atoms with Crippen LogP contribution in [0, 0.1) is 56.7 Å². The lowest BCUT2D eigenvalue weighted by molar-refractivity contribution is -0.252. The van der Waals surface area contributed by atoms with Crippen molar-refractivity contribution in [2.75, 3.05) is 6.61 Å². The second kappa shape index (κ2) is 11.2. The van der Waals surface area contributed by atoms with Crippen LogP contribution in [0.3, 0.4) is 0 Å². The minimum atomic E-state index is -0.346. The fraction of sp³-hybridized carbons (Fsp3) is 0.861. The first-order chi connectivity index (χ1) is 20.1. The lowest BCUT2D eigenvalue weighted by Gasteiger charge is -2.73. The second-order valence-corrected chi connectivity index (χ2v) is 16.7. The topological polar surface area (TPSA) is 108 Å². The third kappa shape index (κ3) is 4.98. The lowest BCUT2D eigenvalue weighted by atomic mass is 9.32. The van der Waals surface area contributed by atoms with Gasteiger partial charge in [0.15, 0.2) is 0 Å². The van der Waals surface area contributed by atoms with Gasteiger partial charge in [-0.05, 0) is 117 Å². The molecule has 10 atom stereocenters. The van der Waals surface area contributed by atoms with E-state index in [4.69, 9.17) is 15.3 Å². The third-order valence-electron chi connectivity index (χ3n) is 14.7. The zero-order chi connectivity index (χ0) is 31.6. The number of carbonyl (C=O) groups is 3. The number of ether oxygens (including phenoxy) is 2.